The van der Waals surface area contributed by atoms with Gasteiger partial charge < -0.3 is 5.11 Å². The van der Waals surface area contributed by atoms with Gasteiger partial charge in [0.2, 0.25) is 0 Å². The minimum atomic E-state index is -0.227. The molecule has 2 saturated heterocycles. The van der Waals surface area contributed by atoms with E-state index < -0.39 is 0 Å². The number of rotatable bonds is 4. The molecule has 0 amide bonds. The quantitative estimate of drug-likeness (QED) is 0.918. The summed E-state index contributed by atoms with van der Waals surface area (Å²) in [5.41, 5.74) is 0.594. The topological polar surface area (TPSA) is 23.5 Å². The van der Waals surface area contributed by atoms with Crippen molar-refractivity contribution >= 4 is 11.6 Å². The van der Waals surface area contributed by atoms with Gasteiger partial charge in [-0.2, -0.15) is 0 Å². The Morgan fingerprint density at radius 3 is 2.85 bits per heavy atom. The molecule has 1 N–H and O–H groups in total. The summed E-state index contributed by atoms with van der Waals surface area (Å²) < 4.78 is 14.0. The van der Waals surface area contributed by atoms with Crippen molar-refractivity contribution in [2.24, 2.45) is 5.41 Å². The number of hydrogen-bond acceptors (Lipinski definition) is 2. The van der Waals surface area contributed by atoms with Gasteiger partial charge in [-0.1, -0.05) is 24.6 Å². The van der Waals surface area contributed by atoms with Crippen molar-refractivity contribution in [1.29, 1.82) is 0 Å². The van der Waals surface area contributed by atoms with Crippen LogP contribution >= 0.6 is 11.6 Å². The molecule has 2 aliphatic rings. The Labute approximate surface area is 124 Å². The Balaban J connectivity index is 1.86. The minimum Gasteiger partial charge on any atom is -0.396 e. The zero-order valence-electron chi connectivity index (χ0n) is 11.8. The lowest BCUT2D eigenvalue weighted by Gasteiger charge is -2.35. The Morgan fingerprint density at radius 1 is 1.45 bits per heavy atom. The monoisotopic (exact) mass is 297 g/mol. The molecular formula is C16H21ClFNO. The lowest BCUT2D eigenvalue weighted by Crippen LogP contribution is -2.39. The van der Waals surface area contributed by atoms with Crippen LogP contribution in [-0.2, 0) is 6.54 Å². The van der Waals surface area contributed by atoms with Crippen LogP contribution in [0.3, 0.4) is 0 Å². The SMILES string of the molecule is CC[C@]1(CO)C[C@H]2CC[C@@H]1N2Cc1c(F)cccc1Cl. The van der Waals surface area contributed by atoms with Crippen LogP contribution in [0, 0.1) is 11.2 Å². The molecule has 2 bridgehead atoms. The van der Waals surface area contributed by atoms with Crippen molar-refractivity contribution in [1.82, 2.24) is 4.90 Å². The van der Waals surface area contributed by atoms with Crippen LogP contribution in [0.4, 0.5) is 4.39 Å². The van der Waals surface area contributed by atoms with Crippen LogP contribution in [-0.4, -0.2) is 28.7 Å². The third-order valence-electron chi connectivity index (χ3n) is 5.41. The molecule has 3 atom stereocenters. The van der Waals surface area contributed by atoms with E-state index >= 15 is 0 Å². The van der Waals surface area contributed by atoms with Gasteiger partial charge in [-0.25, -0.2) is 4.39 Å². The molecule has 2 aliphatic heterocycles. The van der Waals surface area contributed by atoms with Gasteiger partial charge in [-0.05, 0) is 37.8 Å². The molecule has 2 nitrogen and oxygen atoms in total. The molecule has 20 heavy (non-hydrogen) atoms. The zero-order valence-corrected chi connectivity index (χ0v) is 12.5. The fourth-order valence-electron chi connectivity index (χ4n) is 4.19. The van der Waals surface area contributed by atoms with Crippen molar-refractivity contribution in [2.45, 2.75) is 51.2 Å². The van der Waals surface area contributed by atoms with E-state index in [4.69, 9.17) is 11.6 Å². The molecule has 0 spiro atoms. The van der Waals surface area contributed by atoms with E-state index in [-0.39, 0.29) is 17.8 Å². The van der Waals surface area contributed by atoms with Gasteiger partial charge in [-0.3, -0.25) is 4.90 Å². The second-order valence-electron chi connectivity index (χ2n) is 6.20. The average molecular weight is 298 g/mol. The van der Waals surface area contributed by atoms with E-state index in [2.05, 4.69) is 11.8 Å². The molecule has 1 aromatic rings. The first-order chi connectivity index (χ1) is 9.61. The summed E-state index contributed by atoms with van der Waals surface area (Å²) in [5.74, 6) is -0.227. The maximum atomic E-state index is 14.0. The van der Waals surface area contributed by atoms with Gasteiger partial charge in [0.1, 0.15) is 5.82 Å². The van der Waals surface area contributed by atoms with Crippen LogP contribution in [0.25, 0.3) is 0 Å². The molecule has 4 heteroatoms. The molecule has 0 aliphatic carbocycles. The molecule has 2 heterocycles. The number of nitrogens with zero attached hydrogens (tertiary/aromatic N) is 1. The molecule has 1 aromatic carbocycles. The van der Waals surface area contributed by atoms with Crippen LogP contribution in [0.1, 0.15) is 38.2 Å². The van der Waals surface area contributed by atoms with Gasteiger partial charge in [-0.15, -0.1) is 0 Å². The fraction of sp³-hybridized carbons (Fsp3) is 0.625. The van der Waals surface area contributed by atoms with Gasteiger partial charge in [0.15, 0.2) is 0 Å². The largest absolute Gasteiger partial charge is 0.396 e. The number of hydrogen-bond donors (Lipinski definition) is 1. The summed E-state index contributed by atoms with van der Waals surface area (Å²) in [6.45, 7) is 2.93. The summed E-state index contributed by atoms with van der Waals surface area (Å²) >= 11 is 6.15. The summed E-state index contributed by atoms with van der Waals surface area (Å²) in [7, 11) is 0. The van der Waals surface area contributed by atoms with Crippen molar-refractivity contribution < 1.29 is 9.50 Å². The molecule has 0 unspecified atom stereocenters. The van der Waals surface area contributed by atoms with Crippen molar-refractivity contribution in [3.8, 4) is 0 Å². The molecule has 0 radical (unpaired) electrons. The maximum absolute atomic E-state index is 14.0. The molecule has 2 fully saturated rings. The Bertz CT molecular complexity index is 483. The lowest BCUT2D eigenvalue weighted by molar-refractivity contribution is 0.0711. The lowest BCUT2D eigenvalue weighted by atomic mass is 9.72. The predicted molar refractivity (Wildman–Crippen MR) is 78.2 cm³/mol. The smallest absolute Gasteiger partial charge is 0.129 e. The third-order valence-corrected chi connectivity index (χ3v) is 5.77. The number of halogens is 2. The van der Waals surface area contributed by atoms with E-state index in [1.54, 1.807) is 12.1 Å². The van der Waals surface area contributed by atoms with Crippen molar-refractivity contribution in [2.75, 3.05) is 6.61 Å². The average Bonchev–Trinajstić information content (AvgIpc) is 2.98. The highest BCUT2D eigenvalue weighted by Gasteiger charge is 2.54. The number of aliphatic hydroxyl groups is 1. The van der Waals surface area contributed by atoms with E-state index in [0.717, 1.165) is 25.7 Å². The minimum absolute atomic E-state index is 0.000644. The van der Waals surface area contributed by atoms with Gasteiger partial charge in [0.25, 0.3) is 0 Å². The van der Waals surface area contributed by atoms with Crippen molar-refractivity contribution in [3.05, 3.63) is 34.6 Å². The van der Waals surface area contributed by atoms with E-state index in [1.807, 2.05) is 0 Å². The first-order valence-electron chi connectivity index (χ1n) is 7.41. The fourth-order valence-corrected chi connectivity index (χ4v) is 4.41. The summed E-state index contributed by atoms with van der Waals surface area (Å²) in [6, 6.07) is 5.68. The van der Waals surface area contributed by atoms with E-state index in [1.165, 1.54) is 6.07 Å². The van der Waals surface area contributed by atoms with Crippen LogP contribution in [0.5, 0.6) is 0 Å². The zero-order chi connectivity index (χ0) is 14.3. The third kappa shape index (κ3) is 2.07. The van der Waals surface area contributed by atoms with Gasteiger partial charge in [0, 0.05) is 34.6 Å². The van der Waals surface area contributed by atoms with Crippen LogP contribution in [0.2, 0.25) is 5.02 Å². The first-order valence-corrected chi connectivity index (χ1v) is 7.78. The second kappa shape index (κ2) is 5.28. The van der Waals surface area contributed by atoms with E-state index in [9.17, 15) is 9.50 Å². The Morgan fingerprint density at radius 2 is 2.25 bits per heavy atom. The van der Waals surface area contributed by atoms with E-state index in [0.29, 0.717) is 29.2 Å². The first kappa shape index (κ1) is 14.3. The predicted octanol–water partition coefficient (Wildman–Crippen LogP) is 3.60. The summed E-state index contributed by atoms with van der Waals surface area (Å²) in [4.78, 5) is 2.37. The molecule has 110 valence electrons. The summed E-state index contributed by atoms with van der Waals surface area (Å²) in [6.07, 6.45) is 4.26. The van der Waals surface area contributed by atoms with Crippen molar-refractivity contribution in [3.63, 3.8) is 0 Å². The van der Waals surface area contributed by atoms with Gasteiger partial charge >= 0.3 is 0 Å². The van der Waals surface area contributed by atoms with Gasteiger partial charge in [0.05, 0.1) is 6.61 Å². The highest BCUT2D eigenvalue weighted by Crippen LogP contribution is 2.52. The number of benzene rings is 1. The molecular weight excluding hydrogens is 277 g/mol. The molecule has 0 saturated carbocycles. The molecule has 3 rings (SSSR count). The Hall–Kier alpha value is -0.640. The molecule has 0 aromatic heterocycles. The summed E-state index contributed by atoms with van der Waals surface area (Å²) in [5, 5.41) is 10.3. The normalized spacial score (nSPS) is 33.0. The highest BCUT2D eigenvalue weighted by molar-refractivity contribution is 6.31. The Kier molecular flexibility index (Phi) is 3.78. The second-order valence-corrected chi connectivity index (χ2v) is 6.60. The number of aliphatic hydroxyl groups excluding tert-OH is 1. The van der Waals surface area contributed by atoms with Crippen LogP contribution < -0.4 is 0 Å². The standard InChI is InChI=1S/C16H21ClFNO/c1-2-16(10-20)8-11-6-7-15(16)19(11)9-12-13(17)4-3-5-14(12)18/h3-5,11,15,20H,2,6-10H2,1H3/t11-,15+,16-/m1/s1. The number of fused-ring (bicyclic) bond motifs is 2. The van der Waals surface area contributed by atoms with Crippen LogP contribution in [0.15, 0.2) is 18.2 Å². The maximum Gasteiger partial charge on any atom is 0.129 e. The highest BCUT2D eigenvalue weighted by atomic mass is 35.5.